The van der Waals surface area contributed by atoms with Crippen molar-refractivity contribution >= 4 is 12.2 Å². The molecule has 1 aromatic carbocycles. The van der Waals surface area contributed by atoms with Crippen molar-refractivity contribution in [3.05, 3.63) is 41.0 Å². The van der Waals surface area contributed by atoms with Crippen LogP contribution in [0.25, 0.3) is 6.08 Å². The Morgan fingerprint density at radius 3 is 2.72 bits per heavy atom. The highest BCUT2D eigenvalue weighted by molar-refractivity contribution is 5.65. The normalized spacial score (nSPS) is 15.1. The van der Waals surface area contributed by atoms with Gasteiger partial charge in [0.1, 0.15) is 0 Å². The zero-order valence-corrected chi connectivity index (χ0v) is 9.97. The quantitative estimate of drug-likeness (QED) is 0.823. The molecule has 0 aliphatic carbocycles. The molecular formula is C14H14N2O2. The van der Waals surface area contributed by atoms with Gasteiger partial charge >= 0.3 is 6.09 Å². The molecule has 1 heterocycles. The van der Waals surface area contributed by atoms with Gasteiger partial charge in [-0.2, -0.15) is 5.26 Å². The molecule has 0 unspecified atom stereocenters. The van der Waals surface area contributed by atoms with E-state index in [4.69, 9.17) is 10.4 Å². The van der Waals surface area contributed by atoms with Gasteiger partial charge in [0.2, 0.25) is 0 Å². The van der Waals surface area contributed by atoms with Gasteiger partial charge in [-0.25, -0.2) is 4.79 Å². The molecule has 0 atom stereocenters. The summed E-state index contributed by atoms with van der Waals surface area (Å²) in [5, 5.41) is 17.7. The largest absolute Gasteiger partial charge is 0.465 e. The molecule has 4 heteroatoms. The summed E-state index contributed by atoms with van der Waals surface area (Å²) in [5.41, 5.74) is 2.89. The predicted octanol–water partition coefficient (Wildman–Crippen LogP) is 2.72. The average Bonchev–Trinajstić information content (AvgIpc) is 2.39. The summed E-state index contributed by atoms with van der Waals surface area (Å²) in [6, 6.07) is 9.54. The van der Waals surface area contributed by atoms with Crippen LogP contribution in [0, 0.1) is 11.3 Å². The summed E-state index contributed by atoms with van der Waals surface area (Å²) < 4.78 is 0. The fourth-order valence-electron chi connectivity index (χ4n) is 2.06. The monoisotopic (exact) mass is 242 g/mol. The van der Waals surface area contributed by atoms with Crippen LogP contribution < -0.4 is 0 Å². The van der Waals surface area contributed by atoms with Crippen molar-refractivity contribution in [3.8, 4) is 6.07 Å². The highest BCUT2D eigenvalue weighted by atomic mass is 16.4. The smallest absolute Gasteiger partial charge is 0.407 e. The molecule has 0 saturated carbocycles. The predicted molar refractivity (Wildman–Crippen MR) is 68.0 cm³/mol. The number of benzene rings is 1. The molecule has 92 valence electrons. The second-order valence-electron chi connectivity index (χ2n) is 4.31. The minimum Gasteiger partial charge on any atom is -0.465 e. The van der Waals surface area contributed by atoms with Gasteiger partial charge in [0.15, 0.2) is 0 Å². The van der Waals surface area contributed by atoms with Crippen LogP contribution in [-0.2, 0) is 0 Å². The van der Waals surface area contributed by atoms with E-state index < -0.39 is 6.09 Å². The molecule has 18 heavy (non-hydrogen) atoms. The third-order valence-corrected chi connectivity index (χ3v) is 3.06. The molecule has 1 saturated heterocycles. The SMILES string of the molecule is N#Cc1cccc(C=C2CCN(C(=O)O)CC2)c1. The number of carboxylic acid groups (broad SMARTS) is 1. The summed E-state index contributed by atoms with van der Waals surface area (Å²) in [6.07, 6.45) is 2.74. The van der Waals surface area contributed by atoms with E-state index >= 15 is 0 Å². The van der Waals surface area contributed by atoms with Crippen molar-refractivity contribution in [1.82, 2.24) is 4.90 Å². The molecule has 0 radical (unpaired) electrons. The molecule has 1 aromatic rings. The van der Waals surface area contributed by atoms with Crippen molar-refractivity contribution in [2.24, 2.45) is 0 Å². The first-order valence-corrected chi connectivity index (χ1v) is 5.86. The Hall–Kier alpha value is -2.28. The second-order valence-corrected chi connectivity index (χ2v) is 4.31. The molecule has 1 aliphatic rings. The van der Waals surface area contributed by atoms with Crippen LogP contribution in [0.3, 0.4) is 0 Å². The molecule has 1 amide bonds. The number of carbonyl (C=O) groups is 1. The van der Waals surface area contributed by atoms with Crippen LogP contribution in [0.15, 0.2) is 29.8 Å². The zero-order chi connectivity index (χ0) is 13.0. The van der Waals surface area contributed by atoms with Gasteiger partial charge in [-0.15, -0.1) is 0 Å². The highest BCUT2D eigenvalue weighted by Crippen LogP contribution is 2.19. The van der Waals surface area contributed by atoms with E-state index in [0.29, 0.717) is 18.7 Å². The Balaban J connectivity index is 2.07. The van der Waals surface area contributed by atoms with Crippen LogP contribution >= 0.6 is 0 Å². The number of amides is 1. The van der Waals surface area contributed by atoms with Crippen molar-refractivity contribution in [3.63, 3.8) is 0 Å². The van der Waals surface area contributed by atoms with E-state index in [1.165, 1.54) is 10.5 Å². The average molecular weight is 242 g/mol. The Morgan fingerprint density at radius 1 is 1.39 bits per heavy atom. The Morgan fingerprint density at radius 2 is 2.11 bits per heavy atom. The van der Waals surface area contributed by atoms with E-state index in [-0.39, 0.29) is 0 Å². The van der Waals surface area contributed by atoms with E-state index in [9.17, 15) is 4.79 Å². The Kier molecular flexibility index (Phi) is 3.63. The van der Waals surface area contributed by atoms with Crippen molar-refractivity contribution < 1.29 is 9.90 Å². The molecule has 2 rings (SSSR count). The third kappa shape index (κ3) is 2.89. The van der Waals surface area contributed by atoms with Crippen LogP contribution in [0.4, 0.5) is 4.79 Å². The first-order valence-electron chi connectivity index (χ1n) is 5.86. The lowest BCUT2D eigenvalue weighted by molar-refractivity contribution is 0.142. The topological polar surface area (TPSA) is 64.3 Å². The number of nitrogens with zero attached hydrogens (tertiary/aromatic N) is 2. The van der Waals surface area contributed by atoms with E-state index in [0.717, 1.165) is 18.4 Å². The van der Waals surface area contributed by atoms with Crippen LogP contribution in [0.5, 0.6) is 0 Å². The maximum absolute atomic E-state index is 10.8. The summed E-state index contributed by atoms with van der Waals surface area (Å²) in [5.74, 6) is 0. The Labute approximate surface area is 106 Å². The highest BCUT2D eigenvalue weighted by Gasteiger charge is 2.17. The first kappa shape index (κ1) is 12.2. The number of hydrogen-bond donors (Lipinski definition) is 1. The van der Waals surface area contributed by atoms with Gasteiger partial charge in [-0.05, 0) is 30.5 Å². The van der Waals surface area contributed by atoms with Gasteiger partial charge in [0, 0.05) is 13.1 Å². The zero-order valence-electron chi connectivity index (χ0n) is 9.97. The van der Waals surface area contributed by atoms with Crippen molar-refractivity contribution in [2.75, 3.05) is 13.1 Å². The molecule has 0 bridgehead atoms. The van der Waals surface area contributed by atoms with E-state index in [2.05, 4.69) is 12.1 Å². The summed E-state index contributed by atoms with van der Waals surface area (Å²) in [7, 11) is 0. The standard InChI is InChI=1S/C14H14N2O2/c15-10-13-3-1-2-12(9-13)8-11-4-6-16(7-5-11)14(17)18/h1-3,8-9H,4-7H2,(H,17,18). The van der Waals surface area contributed by atoms with E-state index in [1.807, 2.05) is 18.2 Å². The lowest BCUT2D eigenvalue weighted by Gasteiger charge is -2.25. The van der Waals surface area contributed by atoms with Crippen molar-refractivity contribution in [2.45, 2.75) is 12.8 Å². The lowest BCUT2D eigenvalue weighted by Crippen LogP contribution is -2.35. The van der Waals surface area contributed by atoms with Gasteiger partial charge in [0.25, 0.3) is 0 Å². The minimum atomic E-state index is -0.847. The van der Waals surface area contributed by atoms with Crippen molar-refractivity contribution in [1.29, 1.82) is 5.26 Å². The molecule has 1 N–H and O–H groups in total. The maximum Gasteiger partial charge on any atom is 0.407 e. The fourth-order valence-corrected chi connectivity index (χ4v) is 2.06. The molecule has 0 aromatic heterocycles. The molecular weight excluding hydrogens is 228 g/mol. The molecule has 1 aliphatic heterocycles. The number of rotatable bonds is 1. The van der Waals surface area contributed by atoms with Crippen LogP contribution in [-0.4, -0.2) is 29.2 Å². The summed E-state index contributed by atoms with van der Waals surface area (Å²) >= 11 is 0. The third-order valence-electron chi connectivity index (χ3n) is 3.06. The van der Waals surface area contributed by atoms with Crippen LogP contribution in [0.1, 0.15) is 24.0 Å². The molecule has 4 nitrogen and oxygen atoms in total. The van der Waals surface area contributed by atoms with Gasteiger partial charge in [0.05, 0.1) is 11.6 Å². The number of nitriles is 1. The second kappa shape index (κ2) is 5.37. The van der Waals surface area contributed by atoms with Gasteiger partial charge in [-0.3, -0.25) is 0 Å². The minimum absolute atomic E-state index is 0.555. The fraction of sp³-hybridized carbons (Fsp3) is 0.286. The molecule has 1 fully saturated rings. The molecule has 0 spiro atoms. The number of likely N-dealkylation sites (tertiary alicyclic amines) is 1. The van der Waals surface area contributed by atoms with Gasteiger partial charge in [-0.1, -0.05) is 23.8 Å². The lowest BCUT2D eigenvalue weighted by atomic mass is 10.0. The van der Waals surface area contributed by atoms with E-state index in [1.54, 1.807) is 6.07 Å². The Bertz CT molecular complexity index is 519. The summed E-state index contributed by atoms with van der Waals surface area (Å²) in [6.45, 7) is 1.11. The summed E-state index contributed by atoms with van der Waals surface area (Å²) in [4.78, 5) is 12.2. The number of piperidine rings is 1. The number of hydrogen-bond acceptors (Lipinski definition) is 2. The maximum atomic E-state index is 10.8. The first-order chi connectivity index (χ1) is 8.69. The van der Waals surface area contributed by atoms with Crippen LogP contribution in [0.2, 0.25) is 0 Å². The van der Waals surface area contributed by atoms with Gasteiger partial charge < -0.3 is 10.0 Å².